The van der Waals surface area contributed by atoms with Gasteiger partial charge in [-0.2, -0.15) is 0 Å². The number of anilines is 1. The van der Waals surface area contributed by atoms with E-state index in [9.17, 15) is 0 Å². The summed E-state index contributed by atoms with van der Waals surface area (Å²) in [6, 6.07) is 17.3. The number of aliphatic imine (C=N–C) groups is 1. The molecular weight excluding hydrogens is 266 g/mol. The Balaban J connectivity index is 1.57. The number of nitrogens with two attached hydrogens (primary N) is 1. The van der Waals surface area contributed by atoms with Gasteiger partial charge in [0.2, 0.25) is 0 Å². The van der Waals surface area contributed by atoms with Crippen molar-refractivity contribution in [2.45, 2.75) is 6.10 Å². The van der Waals surface area contributed by atoms with Gasteiger partial charge in [-0.1, -0.05) is 30.3 Å². The molecule has 21 heavy (non-hydrogen) atoms. The molecule has 1 heterocycles. The van der Waals surface area contributed by atoms with E-state index in [-0.39, 0.29) is 6.10 Å². The van der Waals surface area contributed by atoms with Gasteiger partial charge in [-0.25, -0.2) is 4.99 Å². The summed E-state index contributed by atoms with van der Waals surface area (Å²) < 4.78 is 11.4. The average Bonchev–Trinajstić information content (AvgIpc) is 2.54. The van der Waals surface area contributed by atoms with E-state index in [1.807, 2.05) is 54.6 Å². The summed E-state index contributed by atoms with van der Waals surface area (Å²) in [6.07, 6.45) is -0.129. The van der Waals surface area contributed by atoms with Crippen LogP contribution in [0.1, 0.15) is 0 Å². The van der Waals surface area contributed by atoms with Crippen LogP contribution in [0.2, 0.25) is 0 Å². The monoisotopic (exact) mass is 283 g/mol. The lowest BCUT2D eigenvalue weighted by atomic mass is 10.2. The van der Waals surface area contributed by atoms with Crippen molar-refractivity contribution in [1.82, 2.24) is 0 Å². The van der Waals surface area contributed by atoms with E-state index < -0.39 is 0 Å². The zero-order chi connectivity index (χ0) is 14.5. The molecule has 0 amide bonds. The fourth-order valence-corrected chi connectivity index (χ4v) is 2.06. The molecule has 0 unspecified atom stereocenters. The van der Waals surface area contributed by atoms with E-state index in [1.165, 1.54) is 0 Å². The first-order valence-electron chi connectivity index (χ1n) is 6.82. The maximum absolute atomic E-state index is 5.86. The number of fused-ring (bicyclic) bond motifs is 1. The van der Waals surface area contributed by atoms with Crippen molar-refractivity contribution in [3.05, 3.63) is 54.6 Å². The lowest BCUT2D eigenvalue weighted by Crippen LogP contribution is -2.33. The fraction of sp³-hybridized carbons (Fsp3) is 0.188. The molecule has 0 radical (unpaired) electrons. The summed E-state index contributed by atoms with van der Waals surface area (Å²) in [5.41, 5.74) is 6.77. The molecule has 0 fully saturated rings. The van der Waals surface area contributed by atoms with Crippen LogP contribution < -0.4 is 20.5 Å². The third-order valence-electron chi connectivity index (χ3n) is 3.08. The number of hydrogen-bond donors (Lipinski definition) is 2. The average molecular weight is 283 g/mol. The van der Waals surface area contributed by atoms with Gasteiger partial charge in [0.15, 0.2) is 23.6 Å². The van der Waals surface area contributed by atoms with E-state index in [2.05, 4.69) is 10.3 Å². The minimum Gasteiger partial charge on any atom is -0.486 e. The summed E-state index contributed by atoms with van der Waals surface area (Å²) in [6.45, 7) is 0.916. The molecule has 5 heteroatoms. The van der Waals surface area contributed by atoms with Gasteiger partial charge in [0.25, 0.3) is 0 Å². The third-order valence-corrected chi connectivity index (χ3v) is 3.08. The number of para-hydroxylation sites is 3. The second kappa shape index (κ2) is 6.17. The first kappa shape index (κ1) is 13.3. The molecule has 0 saturated heterocycles. The zero-order valence-corrected chi connectivity index (χ0v) is 11.5. The molecule has 1 aliphatic rings. The smallest absolute Gasteiger partial charge is 0.193 e. The van der Waals surface area contributed by atoms with Gasteiger partial charge >= 0.3 is 0 Å². The van der Waals surface area contributed by atoms with Gasteiger partial charge in [0, 0.05) is 5.69 Å². The molecule has 1 atom stereocenters. The molecule has 0 bridgehead atoms. The second-order valence-corrected chi connectivity index (χ2v) is 4.71. The summed E-state index contributed by atoms with van der Waals surface area (Å²) in [5.74, 6) is 1.88. The Morgan fingerprint density at radius 3 is 2.62 bits per heavy atom. The van der Waals surface area contributed by atoms with Crippen molar-refractivity contribution in [2.24, 2.45) is 10.7 Å². The zero-order valence-electron chi connectivity index (χ0n) is 11.5. The number of nitrogens with zero attached hydrogens (tertiary/aromatic N) is 1. The number of nitrogens with one attached hydrogen (secondary N) is 1. The van der Waals surface area contributed by atoms with Crippen molar-refractivity contribution >= 4 is 11.6 Å². The number of benzene rings is 2. The maximum atomic E-state index is 5.86. The van der Waals surface area contributed by atoms with Crippen LogP contribution in [0.5, 0.6) is 11.5 Å². The number of ether oxygens (including phenoxy) is 2. The predicted molar refractivity (Wildman–Crippen MR) is 82.9 cm³/mol. The molecule has 3 rings (SSSR count). The highest BCUT2D eigenvalue weighted by Gasteiger charge is 2.20. The first-order chi connectivity index (χ1) is 10.3. The van der Waals surface area contributed by atoms with Gasteiger partial charge in [0.1, 0.15) is 6.61 Å². The standard InChI is InChI=1S/C16H17N3O2/c17-16(19-12-6-2-1-3-7-12)18-10-13-11-20-14-8-4-5-9-15(14)21-13/h1-9,13H,10-11H2,(H3,17,18,19)/t13-/m1/s1. The predicted octanol–water partition coefficient (Wildman–Crippen LogP) is 2.25. The first-order valence-corrected chi connectivity index (χ1v) is 6.82. The Hall–Kier alpha value is -2.69. The van der Waals surface area contributed by atoms with Crippen molar-refractivity contribution in [3.8, 4) is 11.5 Å². The number of guanidine groups is 1. The van der Waals surface area contributed by atoms with Crippen LogP contribution >= 0.6 is 0 Å². The topological polar surface area (TPSA) is 68.9 Å². The normalized spacial score (nSPS) is 17.3. The molecular formula is C16H17N3O2. The van der Waals surface area contributed by atoms with Crippen molar-refractivity contribution < 1.29 is 9.47 Å². The molecule has 108 valence electrons. The molecule has 3 N–H and O–H groups in total. The molecule has 0 aromatic heterocycles. The molecule has 0 spiro atoms. The Labute approximate surface area is 123 Å². The van der Waals surface area contributed by atoms with E-state index >= 15 is 0 Å². The van der Waals surface area contributed by atoms with Gasteiger partial charge in [0.05, 0.1) is 6.54 Å². The van der Waals surface area contributed by atoms with Gasteiger partial charge < -0.3 is 20.5 Å². The second-order valence-electron chi connectivity index (χ2n) is 4.71. The molecule has 2 aromatic carbocycles. The van der Waals surface area contributed by atoms with Gasteiger partial charge in [-0.3, -0.25) is 0 Å². The minimum atomic E-state index is -0.129. The molecule has 2 aromatic rings. The van der Waals surface area contributed by atoms with Crippen LogP contribution in [-0.2, 0) is 0 Å². The fourth-order valence-electron chi connectivity index (χ4n) is 2.06. The molecule has 5 nitrogen and oxygen atoms in total. The molecule has 0 saturated carbocycles. The van der Waals surface area contributed by atoms with Gasteiger partial charge in [-0.05, 0) is 24.3 Å². The van der Waals surface area contributed by atoms with Crippen molar-refractivity contribution in [2.75, 3.05) is 18.5 Å². The van der Waals surface area contributed by atoms with E-state index in [1.54, 1.807) is 0 Å². The lowest BCUT2D eigenvalue weighted by Gasteiger charge is -2.25. The third kappa shape index (κ3) is 3.45. The largest absolute Gasteiger partial charge is 0.486 e. The SMILES string of the molecule is NC(=NC[C@@H]1COc2ccccc2O1)Nc1ccccc1. The van der Waals surface area contributed by atoms with Crippen LogP contribution in [0.15, 0.2) is 59.6 Å². The summed E-state index contributed by atoms with van der Waals surface area (Å²) >= 11 is 0. The van der Waals surface area contributed by atoms with E-state index in [0.29, 0.717) is 19.1 Å². The molecule has 1 aliphatic heterocycles. The van der Waals surface area contributed by atoms with E-state index in [4.69, 9.17) is 15.2 Å². The highest BCUT2D eigenvalue weighted by Crippen LogP contribution is 2.30. The van der Waals surface area contributed by atoms with Crippen LogP contribution in [0.25, 0.3) is 0 Å². The highest BCUT2D eigenvalue weighted by atomic mass is 16.6. The van der Waals surface area contributed by atoms with E-state index in [0.717, 1.165) is 17.2 Å². The Kier molecular flexibility index (Phi) is 3.91. The Morgan fingerprint density at radius 2 is 1.81 bits per heavy atom. The number of rotatable bonds is 3. The van der Waals surface area contributed by atoms with Crippen LogP contribution in [0.4, 0.5) is 5.69 Å². The van der Waals surface area contributed by atoms with Crippen LogP contribution in [-0.4, -0.2) is 25.2 Å². The minimum absolute atomic E-state index is 0.129. The quantitative estimate of drug-likeness (QED) is 0.669. The summed E-state index contributed by atoms with van der Waals surface area (Å²) in [7, 11) is 0. The number of hydrogen-bond acceptors (Lipinski definition) is 3. The van der Waals surface area contributed by atoms with Gasteiger partial charge in [-0.15, -0.1) is 0 Å². The summed E-state index contributed by atoms with van der Waals surface area (Å²) in [5, 5.41) is 3.03. The maximum Gasteiger partial charge on any atom is 0.193 e. The molecule has 0 aliphatic carbocycles. The Morgan fingerprint density at radius 1 is 1.10 bits per heavy atom. The van der Waals surface area contributed by atoms with Crippen LogP contribution in [0, 0.1) is 0 Å². The Bertz CT molecular complexity index is 628. The summed E-state index contributed by atoms with van der Waals surface area (Å²) in [4.78, 5) is 4.29. The van der Waals surface area contributed by atoms with Crippen molar-refractivity contribution in [1.29, 1.82) is 0 Å². The highest BCUT2D eigenvalue weighted by molar-refractivity contribution is 5.92. The lowest BCUT2D eigenvalue weighted by molar-refractivity contribution is 0.0972. The van der Waals surface area contributed by atoms with Crippen molar-refractivity contribution in [3.63, 3.8) is 0 Å². The van der Waals surface area contributed by atoms with Crippen LogP contribution in [0.3, 0.4) is 0 Å².